The first-order valence-electron chi connectivity index (χ1n) is 8.02. The molecule has 4 nitrogen and oxygen atoms in total. The van der Waals surface area contributed by atoms with E-state index in [-0.39, 0.29) is 35.7 Å². The Bertz CT molecular complexity index is 727. The van der Waals surface area contributed by atoms with Crippen LogP contribution < -0.4 is 10.5 Å². The number of rotatable bonds is 4. The van der Waals surface area contributed by atoms with Crippen molar-refractivity contribution in [1.82, 2.24) is 4.90 Å². The lowest BCUT2D eigenvalue weighted by Gasteiger charge is -2.17. The largest absolute Gasteiger partial charge is 0.497 e. The van der Waals surface area contributed by atoms with Crippen LogP contribution in [0.2, 0.25) is 0 Å². The Hall–Kier alpha value is -2.11. The average Bonchev–Trinajstić information content (AvgIpc) is 3.06. The predicted octanol–water partition coefficient (Wildman–Crippen LogP) is 3.07. The van der Waals surface area contributed by atoms with Crippen LogP contribution >= 0.6 is 12.4 Å². The molecule has 1 aliphatic rings. The number of likely N-dealkylation sites (tertiary alicyclic amines) is 1. The molecule has 2 aromatic carbocycles. The fourth-order valence-electron chi connectivity index (χ4n) is 3.32. The van der Waals surface area contributed by atoms with E-state index in [1.807, 2.05) is 18.2 Å². The predicted molar refractivity (Wildman–Crippen MR) is 97.8 cm³/mol. The van der Waals surface area contributed by atoms with Gasteiger partial charge in [0.15, 0.2) is 0 Å². The molecule has 0 unspecified atom stereocenters. The van der Waals surface area contributed by atoms with E-state index in [1.54, 1.807) is 11.0 Å². The van der Waals surface area contributed by atoms with Crippen molar-refractivity contribution >= 4 is 18.3 Å². The number of ether oxygens (including phenoxy) is 1. The van der Waals surface area contributed by atoms with Crippen molar-refractivity contribution in [3.05, 3.63) is 65.5 Å². The van der Waals surface area contributed by atoms with Crippen molar-refractivity contribution in [1.29, 1.82) is 0 Å². The van der Waals surface area contributed by atoms with E-state index in [0.29, 0.717) is 25.4 Å². The molecule has 0 aliphatic carbocycles. The van der Waals surface area contributed by atoms with E-state index < -0.39 is 5.82 Å². The molecule has 3 rings (SSSR count). The van der Waals surface area contributed by atoms with Gasteiger partial charge in [-0.3, -0.25) is 4.79 Å². The zero-order chi connectivity index (χ0) is 17.1. The van der Waals surface area contributed by atoms with E-state index >= 15 is 0 Å². The first kappa shape index (κ1) is 19.2. The Balaban J connectivity index is 0.00000225. The number of nitrogens with two attached hydrogens (primary N) is 1. The number of carbonyl (C=O) groups is 1. The van der Waals surface area contributed by atoms with Gasteiger partial charge in [-0.2, -0.15) is 0 Å². The van der Waals surface area contributed by atoms with Crippen LogP contribution in [0.25, 0.3) is 0 Å². The number of methoxy groups -OCH3 is 1. The van der Waals surface area contributed by atoms with Gasteiger partial charge in [0.2, 0.25) is 0 Å². The second kappa shape index (κ2) is 8.32. The standard InChI is InChI=1S/C19H21FN2O2.ClH/c1-24-15-7-8-16(18(20)9-15)19(23)22-11-14(10-21)17(12-22)13-5-3-2-4-6-13;/h2-9,14,17H,10-12,21H2,1H3;1H/t14-,17+;/m1./s1. The first-order valence-corrected chi connectivity index (χ1v) is 8.02. The van der Waals surface area contributed by atoms with E-state index in [1.165, 1.54) is 24.8 Å². The van der Waals surface area contributed by atoms with E-state index in [0.717, 1.165) is 0 Å². The highest BCUT2D eigenvalue weighted by Gasteiger charge is 2.36. The van der Waals surface area contributed by atoms with Crippen molar-refractivity contribution in [2.45, 2.75) is 5.92 Å². The van der Waals surface area contributed by atoms with Gasteiger partial charge in [0.1, 0.15) is 11.6 Å². The minimum absolute atomic E-state index is 0. The van der Waals surface area contributed by atoms with Gasteiger partial charge < -0.3 is 15.4 Å². The molecule has 134 valence electrons. The molecular weight excluding hydrogens is 343 g/mol. The highest BCUT2D eigenvalue weighted by atomic mass is 35.5. The average molecular weight is 365 g/mol. The normalized spacial score (nSPS) is 19.4. The summed E-state index contributed by atoms with van der Waals surface area (Å²) in [5.74, 6) is -0.106. The molecule has 1 amide bonds. The summed E-state index contributed by atoms with van der Waals surface area (Å²) in [5.41, 5.74) is 7.14. The smallest absolute Gasteiger partial charge is 0.256 e. The zero-order valence-electron chi connectivity index (χ0n) is 14.0. The van der Waals surface area contributed by atoms with Gasteiger partial charge in [-0.05, 0) is 30.2 Å². The Morgan fingerprint density at radius 1 is 1.24 bits per heavy atom. The van der Waals surface area contributed by atoms with Crippen molar-refractivity contribution < 1.29 is 13.9 Å². The maximum absolute atomic E-state index is 14.2. The van der Waals surface area contributed by atoms with Gasteiger partial charge in [0.25, 0.3) is 5.91 Å². The lowest BCUT2D eigenvalue weighted by molar-refractivity contribution is 0.0781. The third-order valence-corrected chi connectivity index (χ3v) is 4.67. The Morgan fingerprint density at radius 3 is 2.56 bits per heavy atom. The molecule has 6 heteroatoms. The summed E-state index contributed by atoms with van der Waals surface area (Å²) >= 11 is 0. The number of halogens is 2. The third kappa shape index (κ3) is 3.94. The number of benzene rings is 2. The number of nitrogens with zero attached hydrogens (tertiary/aromatic N) is 1. The molecular formula is C19H22ClFN2O2. The second-order valence-electron chi connectivity index (χ2n) is 6.07. The maximum atomic E-state index is 14.2. The van der Waals surface area contributed by atoms with Crippen LogP contribution in [-0.2, 0) is 0 Å². The molecule has 25 heavy (non-hydrogen) atoms. The van der Waals surface area contributed by atoms with Gasteiger partial charge in [-0.1, -0.05) is 30.3 Å². The molecule has 2 aromatic rings. The molecule has 2 N–H and O–H groups in total. The van der Waals surface area contributed by atoms with Gasteiger partial charge in [-0.15, -0.1) is 12.4 Å². The van der Waals surface area contributed by atoms with Crippen LogP contribution in [-0.4, -0.2) is 37.6 Å². The van der Waals surface area contributed by atoms with Crippen LogP contribution in [0.3, 0.4) is 0 Å². The van der Waals surface area contributed by atoms with Gasteiger partial charge in [0, 0.05) is 25.1 Å². The number of hydrogen-bond donors (Lipinski definition) is 1. The fourth-order valence-corrected chi connectivity index (χ4v) is 3.32. The molecule has 1 aliphatic heterocycles. The molecule has 0 radical (unpaired) electrons. The number of carbonyl (C=O) groups excluding carboxylic acids is 1. The molecule has 2 atom stereocenters. The molecule has 0 aromatic heterocycles. The highest BCUT2D eigenvalue weighted by Crippen LogP contribution is 2.33. The first-order chi connectivity index (χ1) is 11.6. The topological polar surface area (TPSA) is 55.6 Å². The zero-order valence-corrected chi connectivity index (χ0v) is 14.8. The van der Waals surface area contributed by atoms with Crippen LogP contribution in [0.4, 0.5) is 4.39 Å². The number of hydrogen-bond acceptors (Lipinski definition) is 3. The fraction of sp³-hybridized carbons (Fsp3) is 0.316. The third-order valence-electron chi connectivity index (χ3n) is 4.67. The lowest BCUT2D eigenvalue weighted by Crippen LogP contribution is -2.30. The molecule has 0 spiro atoms. The summed E-state index contributed by atoms with van der Waals surface area (Å²) in [4.78, 5) is 14.4. The Morgan fingerprint density at radius 2 is 1.96 bits per heavy atom. The molecule has 1 fully saturated rings. The second-order valence-corrected chi connectivity index (χ2v) is 6.07. The van der Waals surface area contributed by atoms with Gasteiger partial charge in [0.05, 0.1) is 12.7 Å². The van der Waals surface area contributed by atoms with Crippen LogP contribution in [0.1, 0.15) is 21.8 Å². The minimum atomic E-state index is -0.563. The van der Waals surface area contributed by atoms with Gasteiger partial charge >= 0.3 is 0 Å². The van der Waals surface area contributed by atoms with Crippen molar-refractivity contribution in [2.75, 3.05) is 26.7 Å². The summed E-state index contributed by atoms with van der Waals surface area (Å²) in [6.07, 6.45) is 0. The van der Waals surface area contributed by atoms with E-state index in [4.69, 9.17) is 10.5 Å². The van der Waals surface area contributed by atoms with Crippen molar-refractivity contribution in [3.63, 3.8) is 0 Å². The summed E-state index contributed by atoms with van der Waals surface area (Å²) in [5, 5.41) is 0. The van der Waals surface area contributed by atoms with Crippen LogP contribution in [0, 0.1) is 11.7 Å². The van der Waals surface area contributed by atoms with E-state index in [9.17, 15) is 9.18 Å². The number of amides is 1. The Kier molecular flexibility index (Phi) is 6.39. The monoisotopic (exact) mass is 364 g/mol. The molecule has 0 bridgehead atoms. The lowest BCUT2D eigenvalue weighted by atomic mass is 9.89. The summed E-state index contributed by atoms with van der Waals surface area (Å²) in [6, 6.07) is 14.3. The molecule has 1 heterocycles. The Labute approximate surface area is 153 Å². The molecule has 1 saturated heterocycles. The maximum Gasteiger partial charge on any atom is 0.256 e. The molecule has 0 saturated carbocycles. The van der Waals surface area contributed by atoms with Crippen molar-refractivity contribution in [3.8, 4) is 5.75 Å². The summed E-state index contributed by atoms with van der Waals surface area (Å²) < 4.78 is 19.2. The quantitative estimate of drug-likeness (QED) is 0.907. The van der Waals surface area contributed by atoms with Crippen LogP contribution in [0.5, 0.6) is 5.75 Å². The summed E-state index contributed by atoms with van der Waals surface area (Å²) in [7, 11) is 1.47. The highest BCUT2D eigenvalue weighted by molar-refractivity contribution is 5.95. The SMILES string of the molecule is COc1ccc(C(=O)N2C[C@@H](CN)[C@H](c3ccccc3)C2)c(F)c1.Cl. The minimum Gasteiger partial charge on any atom is -0.497 e. The van der Waals surface area contributed by atoms with Crippen LogP contribution in [0.15, 0.2) is 48.5 Å². The summed E-state index contributed by atoms with van der Waals surface area (Å²) in [6.45, 7) is 1.59. The van der Waals surface area contributed by atoms with Crippen molar-refractivity contribution in [2.24, 2.45) is 11.7 Å². The van der Waals surface area contributed by atoms with E-state index in [2.05, 4.69) is 12.1 Å². The van der Waals surface area contributed by atoms with Gasteiger partial charge in [-0.25, -0.2) is 4.39 Å².